The molecule has 0 atom stereocenters. The lowest BCUT2D eigenvalue weighted by Gasteiger charge is -2.36. The van der Waals surface area contributed by atoms with Crippen LogP contribution in [0, 0.1) is 5.82 Å². The summed E-state index contributed by atoms with van der Waals surface area (Å²) < 4.78 is 24.7. The van der Waals surface area contributed by atoms with E-state index in [2.05, 4.69) is 15.6 Å². The normalized spacial score (nSPS) is 13.7. The van der Waals surface area contributed by atoms with Crippen molar-refractivity contribution in [3.8, 4) is 11.1 Å². The third-order valence-electron chi connectivity index (χ3n) is 6.33. The maximum atomic E-state index is 13.9. The summed E-state index contributed by atoms with van der Waals surface area (Å²) in [5.74, 6) is -0.158. The molecule has 11 heteroatoms. The molecule has 0 aliphatic carbocycles. The molecule has 3 aromatic rings. The van der Waals surface area contributed by atoms with Crippen LogP contribution in [0.25, 0.3) is 11.1 Å². The van der Waals surface area contributed by atoms with Crippen LogP contribution in [0.2, 0.25) is 0 Å². The Bertz CT molecular complexity index is 1470. The molecule has 0 unspecified atom stereocenters. The zero-order valence-corrected chi connectivity index (χ0v) is 25.4. The van der Waals surface area contributed by atoms with Gasteiger partial charge < -0.3 is 24.6 Å². The van der Waals surface area contributed by atoms with Gasteiger partial charge in [-0.25, -0.2) is 19.0 Å². The second kappa shape index (κ2) is 12.7. The summed E-state index contributed by atoms with van der Waals surface area (Å²) >= 11 is 0. The van der Waals surface area contributed by atoms with E-state index in [1.165, 1.54) is 18.3 Å². The topological polar surface area (TPSA) is 113 Å². The van der Waals surface area contributed by atoms with Gasteiger partial charge in [-0.2, -0.15) is 0 Å². The number of ether oxygens (including phenoxy) is 2. The van der Waals surface area contributed by atoms with Crippen LogP contribution < -0.4 is 15.5 Å². The molecule has 228 valence electrons. The van der Waals surface area contributed by atoms with Crippen molar-refractivity contribution in [3.05, 3.63) is 72.2 Å². The summed E-state index contributed by atoms with van der Waals surface area (Å²) in [4.78, 5) is 46.3. The molecular formula is C32H38FN5O5. The predicted octanol–water partition coefficient (Wildman–Crippen LogP) is 6.54. The number of piperazine rings is 1. The highest BCUT2D eigenvalue weighted by Crippen LogP contribution is 2.30. The number of carbonyl (C=O) groups excluding carboxylic acids is 3. The number of hydrogen-bond acceptors (Lipinski definition) is 7. The van der Waals surface area contributed by atoms with E-state index in [1.54, 1.807) is 68.1 Å². The Labute approximate surface area is 251 Å². The maximum Gasteiger partial charge on any atom is 0.412 e. The zero-order valence-electron chi connectivity index (χ0n) is 25.4. The first kappa shape index (κ1) is 31.3. The molecule has 1 aliphatic rings. The first-order chi connectivity index (χ1) is 20.2. The highest BCUT2D eigenvalue weighted by molar-refractivity contribution is 6.07. The number of nitrogens with one attached hydrogen (secondary N) is 2. The summed E-state index contributed by atoms with van der Waals surface area (Å²) in [6.45, 7) is 12.9. The van der Waals surface area contributed by atoms with Crippen LogP contribution in [0.1, 0.15) is 51.9 Å². The monoisotopic (exact) mass is 591 g/mol. The van der Waals surface area contributed by atoms with Gasteiger partial charge in [0.15, 0.2) is 0 Å². The molecule has 1 aromatic heterocycles. The molecule has 0 spiro atoms. The van der Waals surface area contributed by atoms with Gasteiger partial charge in [0.1, 0.15) is 22.8 Å². The van der Waals surface area contributed by atoms with Crippen molar-refractivity contribution in [2.45, 2.75) is 52.7 Å². The summed E-state index contributed by atoms with van der Waals surface area (Å²) in [6, 6.07) is 14.5. The number of aromatic nitrogens is 1. The fraction of sp³-hybridized carbons (Fsp3) is 0.375. The number of nitrogens with zero attached hydrogens (tertiary/aromatic N) is 3. The van der Waals surface area contributed by atoms with Crippen molar-refractivity contribution in [3.63, 3.8) is 0 Å². The average molecular weight is 592 g/mol. The van der Waals surface area contributed by atoms with Gasteiger partial charge in [-0.05, 0) is 89.1 Å². The minimum Gasteiger partial charge on any atom is -0.444 e. The SMILES string of the molecule is CC(C)(C)OC(=O)Nc1ccc(-c2cccc(F)c2)cc1NC(=O)c1ccc(N2CCN(C(=O)OC(C)(C)C)CC2)nc1. The highest BCUT2D eigenvalue weighted by atomic mass is 19.1. The van der Waals surface area contributed by atoms with Crippen molar-refractivity contribution in [2.24, 2.45) is 0 Å². The molecule has 2 heterocycles. The smallest absolute Gasteiger partial charge is 0.412 e. The Morgan fingerprint density at radius 2 is 1.47 bits per heavy atom. The van der Waals surface area contributed by atoms with Crippen molar-refractivity contribution in [2.75, 3.05) is 41.7 Å². The maximum absolute atomic E-state index is 13.9. The highest BCUT2D eigenvalue weighted by Gasteiger charge is 2.26. The first-order valence-electron chi connectivity index (χ1n) is 14.1. The van der Waals surface area contributed by atoms with Gasteiger partial charge in [-0.15, -0.1) is 0 Å². The Kier molecular flexibility index (Phi) is 9.22. The Morgan fingerprint density at radius 3 is 2.07 bits per heavy atom. The van der Waals surface area contributed by atoms with E-state index in [1.807, 2.05) is 25.7 Å². The molecule has 1 aliphatic heterocycles. The van der Waals surface area contributed by atoms with Crippen LogP contribution in [0.15, 0.2) is 60.8 Å². The summed E-state index contributed by atoms with van der Waals surface area (Å²) in [5, 5.41) is 5.52. The number of anilines is 3. The molecule has 0 saturated carbocycles. The molecule has 10 nitrogen and oxygen atoms in total. The van der Waals surface area contributed by atoms with Gasteiger partial charge in [0.25, 0.3) is 5.91 Å². The van der Waals surface area contributed by atoms with Crippen molar-refractivity contribution >= 4 is 35.3 Å². The first-order valence-corrected chi connectivity index (χ1v) is 14.1. The molecule has 1 fully saturated rings. The molecule has 4 rings (SSSR count). The second-order valence-corrected chi connectivity index (χ2v) is 12.2. The number of rotatable bonds is 5. The molecule has 1 saturated heterocycles. The molecule has 2 N–H and O–H groups in total. The van der Waals surface area contributed by atoms with Crippen molar-refractivity contribution < 1.29 is 28.2 Å². The van der Waals surface area contributed by atoms with Crippen LogP contribution in [0.5, 0.6) is 0 Å². The van der Waals surface area contributed by atoms with E-state index in [4.69, 9.17) is 9.47 Å². The number of pyridine rings is 1. The molecule has 0 bridgehead atoms. The molecule has 43 heavy (non-hydrogen) atoms. The number of halogens is 1. The number of amides is 3. The van der Waals surface area contributed by atoms with Gasteiger partial charge in [0, 0.05) is 32.4 Å². The average Bonchev–Trinajstić information content (AvgIpc) is 2.92. The van der Waals surface area contributed by atoms with Crippen molar-refractivity contribution in [1.82, 2.24) is 9.88 Å². The standard InChI is InChI=1S/C32H38FN5O5/c1-31(2,3)42-29(40)36-25-12-10-22(21-8-7-9-24(33)18-21)19-26(25)35-28(39)23-11-13-27(34-20-23)37-14-16-38(17-15-37)30(41)43-32(4,5)6/h7-13,18-20H,14-17H2,1-6H3,(H,35,39)(H,36,40). The van der Waals surface area contributed by atoms with Crippen LogP contribution >= 0.6 is 0 Å². The lowest BCUT2D eigenvalue weighted by atomic mass is 10.0. The Balaban J connectivity index is 1.47. The van der Waals surface area contributed by atoms with E-state index in [9.17, 15) is 18.8 Å². The number of carbonyl (C=O) groups is 3. The van der Waals surface area contributed by atoms with Crippen LogP contribution in [0.3, 0.4) is 0 Å². The summed E-state index contributed by atoms with van der Waals surface area (Å²) in [5.41, 5.74) is 0.899. The largest absolute Gasteiger partial charge is 0.444 e. The lowest BCUT2D eigenvalue weighted by molar-refractivity contribution is 0.0240. The van der Waals surface area contributed by atoms with Crippen molar-refractivity contribution in [1.29, 1.82) is 0 Å². The fourth-order valence-corrected chi connectivity index (χ4v) is 4.36. The van der Waals surface area contributed by atoms with E-state index >= 15 is 0 Å². The van der Waals surface area contributed by atoms with Crippen LogP contribution in [-0.4, -0.2) is 65.4 Å². The van der Waals surface area contributed by atoms with Crippen LogP contribution in [-0.2, 0) is 9.47 Å². The summed E-state index contributed by atoms with van der Waals surface area (Å²) in [6.07, 6.45) is 0.455. The molecular weight excluding hydrogens is 553 g/mol. The van der Waals surface area contributed by atoms with E-state index in [0.29, 0.717) is 60.1 Å². The Hall–Kier alpha value is -4.67. The van der Waals surface area contributed by atoms with Gasteiger partial charge >= 0.3 is 12.2 Å². The number of benzene rings is 2. The van der Waals surface area contributed by atoms with Gasteiger partial charge in [0.2, 0.25) is 0 Å². The lowest BCUT2D eigenvalue weighted by Crippen LogP contribution is -2.50. The second-order valence-electron chi connectivity index (χ2n) is 12.2. The molecule has 3 amide bonds. The fourth-order valence-electron chi connectivity index (χ4n) is 4.36. The van der Waals surface area contributed by atoms with E-state index < -0.39 is 29.0 Å². The van der Waals surface area contributed by atoms with Gasteiger partial charge in [-0.1, -0.05) is 18.2 Å². The number of hydrogen-bond donors (Lipinski definition) is 2. The Morgan fingerprint density at radius 1 is 0.791 bits per heavy atom. The molecule has 0 radical (unpaired) electrons. The third kappa shape index (κ3) is 8.91. The minimum absolute atomic E-state index is 0.301. The minimum atomic E-state index is -0.717. The van der Waals surface area contributed by atoms with Gasteiger partial charge in [-0.3, -0.25) is 10.1 Å². The third-order valence-corrected chi connectivity index (χ3v) is 6.33. The van der Waals surface area contributed by atoms with E-state index in [-0.39, 0.29) is 6.09 Å². The van der Waals surface area contributed by atoms with Crippen LogP contribution in [0.4, 0.5) is 31.2 Å². The van der Waals surface area contributed by atoms with E-state index in [0.717, 1.165) is 0 Å². The zero-order chi connectivity index (χ0) is 31.4. The predicted molar refractivity (Wildman–Crippen MR) is 164 cm³/mol. The van der Waals surface area contributed by atoms with Gasteiger partial charge in [0.05, 0.1) is 16.9 Å². The summed E-state index contributed by atoms with van der Waals surface area (Å²) in [7, 11) is 0. The quantitative estimate of drug-likeness (QED) is 0.346. The molecule has 2 aromatic carbocycles.